The van der Waals surface area contributed by atoms with Gasteiger partial charge in [0.2, 0.25) is 6.79 Å². The molecule has 2 aliphatic heterocycles. The summed E-state index contributed by atoms with van der Waals surface area (Å²) in [5.74, 6) is 1.51. The van der Waals surface area contributed by atoms with Gasteiger partial charge in [0.25, 0.3) is 0 Å². The average Bonchev–Trinajstić information content (AvgIpc) is 3.11. The minimum absolute atomic E-state index is 0.276. The van der Waals surface area contributed by atoms with Gasteiger partial charge in [-0.3, -0.25) is 9.80 Å². The fourth-order valence-corrected chi connectivity index (χ4v) is 4.23. The lowest BCUT2D eigenvalue weighted by molar-refractivity contribution is 0.0474. The number of piperazine rings is 1. The Kier molecular flexibility index (Phi) is 4.92. The molecule has 2 fully saturated rings. The summed E-state index contributed by atoms with van der Waals surface area (Å²) in [6, 6.07) is 6.54. The number of fused-ring (bicyclic) bond motifs is 1. The van der Waals surface area contributed by atoms with E-state index in [1.165, 1.54) is 32.1 Å². The molecule has 132 valence electrons. The third-order valence-corrected chi connectivity index (χ3v) is 5.71. The Labute approximate surface area is 144 Å². The first kappa shape index (κ1) is 16.2. The molecule has 1 atom stereocenters. The van der Waals surface area contributed by atoms with Gasteiger partial charge >= 0.3 is 0 Å². The molecule has 0 radical (unpaired) electrons. The third-order valence-electron chi connectivity index (χ3n) is 5.71. The van der Waals surface area contributed by atoms with Gasteiger partial charge in [0.15, 0.2) is 11.5 Å². The van der Waals surface area contributed by atoms with E-state index < -0.39 is 6.10 Å². The molecular weight excluding hydrogens is 304 g/mol. The molecule has 1 aliphatic carbocycles. The Hall–Kier alpha value is -1.30. The van der Waals surface area contributed by atoms with Crippen LogP contribution in [0.4, 0.5) is 0 Å². The molecule has 24 heavy (non-hydrogen) atoms. The Morgan fingerprint density at radius 1 is 1.00 bits per heavy atom. The lowest BCUT2D eigenvalue weighted by Gasteiger charge is -2.41. The fourth-order valence-electron chi connectivity index (χ4n) is 4.23. The molecule has 1 aromatic carbocycles. The molecule has 1 N–H and O–H groups in total. The van der Waals surface area contributed by atoms with Crippen LogP contribution in [0.25, 0.3) is 0 Å². The lowest BCUT2D eigenvalue weighted by Crippen LogP contribution is -2.51. The van der Waals surface area contributed by atoms with Gasteiger partial charge in [0.1, 0.15) is 0 Å². The van der Waals surface area contributed by atoms with E-state index in [4.69, 9.17) is 9.47 Å². The van der Waals surface area contributed by atoms with Crippen LogP contribution in [0.1, 0.15) is 43.8 Å². The van der Waals surface area contributed by atoms with Crippen molar-refractivity contribution in [2.45, 2.75) is 44.2 Å². The van der Waals surface area contributed by atoms with E-state index in [2.05, 4.69) is 9.80 Å². The van der Waals surface area contributed by atoms with Crippen LogP contribution in [0, 0.1) is 0 Å². The summed E-state index contributed by atoms with van der Waals surface area (Å²) in [6.07, 6.45) is 6.49. The monoisotopic (exact) mass is 332 g/mol. The van der Waals surface area contributed by atoms with Crippen molar-refractivity contribution >= 4 is 0 Å². The standard InChI is InChI=1S/C19H28N2O3/c22-17(15-6-7-18-19(12-15)24-14-23-18)13-20-8-10-21(11-9-20)16-4-2-1-3-5-16/h6-7,12,16-17,22H,1-5,8-11,13-14H2/t17-/m0/s1. The molecule has 0 aromatic heterocycles. The minimum Gasteiger partial charge on any atom is -0.454 e. The van der Waals surface area contributed by atoms with E-state index in [1.54, 1.807) is 0 Å². The van der Waals surface area contributed by atoms with Crippen molar-refractivity contribution in [1.82, 2.24) is 9.80 Å². The highest BCUT2D eigenvalue weighted by Gasteiger charge is 2.26. The number of ether oxygens (including phenoxy) is 2. The molecule has 0 bridgehead atoms. The first-order valence-electron chi connectivity index (χ1n) is 9.33. The number of aliphatic hydroxyl groups excluding tert-OH is 1. The van der Waals surface area contributed by atoms with Crippen LogP contribution in [-0.4, -0.2) is 60.5 Å². The molecule has 0 amide bonds. The third kappa shape index (κ3) is 3.53. The highest BCUT2D eigenvalue weighted by molar-refractivity contribution is 5.45. The zero-order valence-electron chi connectivity index (χ0n) is 14.3. The van der Waals surface area contributed by atoms with Crippen LogP contribution >= 0.6 is 0 Å². The highest BCUT2D eigenvalue weighted by Crippen LogP contribution is 2.34. The topological polar surface area (TPSA) is 45.2 Å². The van der Waals surface area contributed by atoms with Crippen LogP contribution in [0.15, 0.2) is 18.2 Å². The van der Waals surface area contributed by atoms with E-state index >= 15 is 0 Å². The first-order chi connectivity index (χ1) is 11.8. The summed E-state index contributed by atoms with van der Waals surface area (Å²) in [4.78, 5) is 5.05. The predicted octanol–water partition coefficient (Wildman–Crippen LogP) is 2.40. The average molecular weight is 332 g/mol. The number of hydrogen-bond donors (Lipinski definition) is 1. The second kappa shape index (κ2) is 7.30. The Balaban J connectivity index is 1.28. The maximum absolute atomic E-state index is 10.6. The van der Waals surface area contributed by atoms with Gasteiger partial charge in [0.05, 0.1) is 6.10 Å². The second-order valence-corrected chi connectivity index (χ2v) is 7.26. The molecule has 0 unspecified atom stereocenters. The molecular formula is C19H28N2O3. The van der Waals surface area contributed by atoms with E-state index in [0.29, 0.717) is 6.54 Å². The van der Waals surface area contributed by atoms with Gasteiger partial charge in [-0.25, -0.2) is 0 Å². The Morgan fingerprint density at radius 3 is 2.54 bits per heavy atom. The van der Waals surface area contributed by atoms with Crippen LogP contribution < -0.4 is 9.47 Å². The summed E-state index contributed by atoms with van der Waals surface area (Å²) in [5, 5.41) is 10.6. The van der Waals surface area contributed by atoms with Crippen molar-refractivity contribution in [2.24, 2.45) is 0 Å². The van der Waals surface area contributed by atoms with Crippen molar-refractivity contribution in [2.75, 3.05) is 39.5 Å². The van der Waals surface area contributed by atoms with Gasteiger partial charge in [-0.05, 0) is 30.5 Å². The van der Waals surface area contributed by atoms with E-state index in [0.717, 1.165) is 49.3 Å². The molecule has 5 heteroatoms. The van der Waals surface area contributed by atoms with Crippen LogP contribution in [0.2, 0.25) is 0 Å². The normalized spacial score (nSPS) is 24.2. The number of nitrogens with zero attached hydrogens (tertiary/aromatic N) is 2. The molecule has 5 nitrogen and oxygen atoms in total. The van der Waals surface area contributed by atoms with Crippen molar-refractivity contribution in [3.8, 4) is 11.5 Å². The fraction of sp³-hybridized carbons (Fsp3) is 0.684. The predicted molar refractivity (Wildman–Crippen MR) is 92.4 cm³/mol. The van der Waals surface area contributed by atoms with Crippen LogP contribution in [-0.2, 0) is 0 Å². The van der Waals surface area contributed by atoms with E-state index in [1.807, 2.05) is 18.2 Å². The molecule has 1 aromatic rings. The van der Waals surface area contributed by atoms with Gasteiger partial charge < -0.3 is 14.6 Å². The quantitative estimate of drug-likeness (QED) is 0.917. The molecule has 0 spiro atoms. The van der Waals surface area contributed by atoms with E-state index in [9.17, 15) is 5.11 Å². The summed E-state index contributed by atoms with van der Waals surface area (Å²) in [5.41, 5.74) is 0.911. The molecule has 4 rings (SSSR count). The smallest absolute Gasteiger partial charge is 0.231 e. The van der Waals surface area contributed by atoms with Crippen LogP contribution in [0.3, 0.4) is 0 Å². The van der Waals surface area contributed by atoms with Gasteiger partial charge in [-0.1, -0.05) is 25.3 Å². The largest absolute Gasteiger partial charge is 0.454 e. The highest BCUT2D eigenvalue weighted by atomic mass is 16.7. The molecule has 2 heterocycles. The van der Waals surface area contributed by atoms with Gasteiger partial charge in [-0.15, -0.1) is 0 Å². The SMILES string of the molecule is O[C@@H](CN1CCN(C2CCCCC2)CC1)c1ccc2c(c1)OCO2. The summed E-state index contributed by atoms with van der Waals surface area (Å²) < 4.78 is 10.7. The van der Waals surface area contributed by atoms with E-state index in [-0.39, 0.29) is 6.79 Å². The molecule has 1 saturated heterocycles. The first-order valence-corrected chi connectivity index (χ1v) is 9.33. The van der Waals surface area contributed by atoms with Gasteiger partial charge in [0, 0.05) is 38.8 Å². The zero-order chi connectivity index (χ0) is 16.4. The number of rotatable bonds is 4. The zero-order valence-corrected chi connectivity index (χ0v) is 14.3. The van der Waals surface area contributed by atoms with Crippen molar-refractivity contribution in [1.29, 1.82) is 0 Å². The number of hydrogen-bond acceptors (Lipinski definition) is 5. The molecule has 3 aliphatic rings. The summed E-state index contributed by atoms with van der Waals surface area (Å²) >= 11 is 0. The second-order valence-electron chi connectivity index (χ2n) is 7.26. The molecule has 1 saturated carbocycles. The Morgan fingerprint density at radius 2 is 1.75 bits per heavy atom. The Bertz CT molecular complexity index is 552. The van der Waals surface area contributed by atoms with Crippen molar-refractivity contribution < 1.29 is 14.6 Å². The minimum atomic E-state index is -0.472. The number of benzene rings is 1. The number of β-amino-alcohol motifs (C(OH)–C–C–N with tert-alkyl or cyclic N) is 1. The summed E-state index contributed by atoms with van der Waals surface area (Å²) in [7, 11) is 0. The van der Waals surface area contributed by atoms with Crippen LogP contribution in [0.5, 0.6) is 11.5 Å². The summed E-state index contributed by atoms with van der Waals surface area (Å²) in [6.45, 7) is 5.35. The number of aliphatic hydroxyl groups is 1. The maximum atomic E-state index is 10.6. The lowest BCUT2D eigenvalue weighted by atomic mass is 9.94. The van der Waals surface area contributed by atoms with Crippen molar-refractivity contribution in [3.63, 3.8) is 0 Å². The maximum Gasteiger partial charge on any atom is 0.231 e. The van der Waals surface area contributed by atoms with Crippen molar-refractivity contribution in [3.05, 3.63) is 23.8 Å². The van der Waals surface area contributed by atoms with Gasteiger partial charge in [-0.2, -0.15) is 0 Å².